The van der Waals surface area contributed by atoms with Gasteiger partial charge in [-0.3, -0.25) is 4.99 Å². The highest BCUT2D eigenvalue weighted by Gasteiger charge is 1.88. The average molecular weight is 185 g/mol. The minimum atomic E-state index is 0.829. The van der Waals surface area contributed by atoms with Gasteiger partial charge in [-0.25, -0.2) is 0 Å². The molecule has 0 spiro atoms. The first-order valence-electron chi connectivity index (χ1n) is 5.47. The molecule has 0 saturated carbocycles. The van der Waals surface area contributed by atoms with Crippen LogP contribution in [-0.2, 0) is 4.74 Å². The van der Waals surface area contributed by atoms with E-state index in [0.29, 0.717) is 0 Å². The number of rotatable bonds is 9. The molecule has 0 aromatic rings. The molecular formula is C11H23NO. The molecular weight excluding hydrogens is 162 g/mol. The van der Waals surface area contributed by atoms with E-state index in [1.165, 1.54) is 25.7 Å². The van der Waals surface area contributed by atoms with Gasteiger partial charge in [0.2, 0.25) is 0 Å². The third-order valence-corrected chi connectivity index (χ3v) is 1.85. The fourth-order valence-electron chi connectivity index (χ4n) is 1.09. The second kappa shape index (κ2) is 11.6. The zero-order valence-corrected chi connectivity index (χ0v) is 9.09. The largest absolute Gasteiger partial charge is 0.381 e. The van der Waals surface area contributed by atoms with Gasteiger partial charge in [-0.15, -0.1) is 0 Å². The second-order valence-corrected chi connectivity index (χ2v) is 3.14. The predicted octanol–water partition coefficient (Wildman–Crippen LogP) is 3.06. The molecule has 0 bridgehead atoms. The van der Waals surface area contributed by atoms with Gasteiger partial charge in [0.1, 0.15) is 0 Å². The van der Waals surface area contributed by atoms with E-state index in [2.05, 4.69) is 11.9 Å². The highest BCUT2D eigenvalue weighted by atomic mass is 16.5. The SMILES string of the molecule is CCCCCCOCCC=NCC. The van der Waals surface area contributed by atoms with Gasteiger partial charge in [0, 0.05) is 25.8 Å². The van der Waals surface area contributed by atoms with Crippen LogP contribution in [0.5, 0.6) is 0 Å². The lowest BCUT2D eigenvalue weighted by molar-refractivity contribution is 0.137. The molecule has 0 aliphatic heterocycles. The number of hydrogen-bond acceptors (Lipinski definition) is 2. The highest BCUT2D eigenvalue weighted by Crippen LogP contribution is 1.98. The van der Waals surface area contributed by atoms with Crippen LogP contribution >= 0.6 is 0 Å². The zero-order chi connectivity index (χ0) is 9.78. The van der Waals surface area contributed by atoms with Crippen LogP contribution in [0.3, 0.4) is 0 Å². The van der Waals surface area contributed by atoms with E-state index in [0.717, 1.165) is 26.2 Å². The Morgan fingerprint density at radius 3 is 2.62 bits per heavy atom. The minimum Gasteiger partial charge on any atom is -0.381 e. The van der Waals surface area contributed by atoms with Crippen LogP contribution in [0, 0.1) is 0 Å². The van der Waals surface area contributed by atoms with Crippen LogP contribution in [0.25, 0.3) is 0 Å². The maximum Gasteiger partial charge on any atom is 0.0515 e. The van der Waals surface area contributed by atoms with Crippen molar-refractivity contribution < 1.29 is 4.74 Å². The monoisotopic (exact) mass is 185 g/mol. The lowest BCUT2D eigenvalue weighted by Crippen LogP contribution is -1.97. The summed E-state index contributed by atoms with van der Waals surface area (Å²) in [6.45, 7) is 6.90. The Morgan fingerprint density at radius 2 is 1.92 bits per heavy atom. The fraction of sp³-hybridized carbons (Fsp3) is 0.909. The van der Waals surface area contributed by atoms with E-state index in [4.69, 9.17) is 4.74 Å². The molecule has 0 atom stereocenters. The first-order valence-corrected chi connectivity index (χ1v) is 5.47. The van der Waals surface area contributed by atoms with E-state index < -0.39 is 0 Å². The maximum absolute atomic E-state index is 5.44. The summed E-state index contributed by atoms with van der Waals surface area (Å²) < 4.78 is 5.44. The Bertz CT molecular complexity index is 113. The Labute approximate surface area is 82.4 Å². The summed E-state index contributed by atoms with van der Waals surface area (Å²) in [5.41, 5.74) is 0. The Balaban J connectivity index is 2.87. The standard InChI is InChI=1S/C11H23NO/c1-3-5-6-7-10-13-11-8-9-12-4-2/h9H,3-8,10-11H2,1-2H3. The molecule has 0 rings (SSSR count). The third kappa shape index (κ3) is 11.6. The number of hydrogen-bond donors (Lipinski definition) is 0. The van der Waals surface area contributed by atoms with Crippen LogP contribution in [0.2, 0.25) is 0 Å². The number of unbranched alkanes of at least 4 members (excludes halogenated alkanes) is 3. The maximum atomic E-state index is 5.44. The molecule has 0 aromatic heterocycles. The molecule has 0 radical (unpaired) electrons. The van der Waals surface area contributed by atoms with Gasteiger partial charge in [-0.1, -0.05) is 26.2 Å². The normalized spacial score (nSPS) is 11.2. The van der Waals surface area contributed by atoms with Crippen LogP contribution < -0.4 is 0 Å². The Morgan fingerprint density at radius 1 is 1.08 bits per heavy atom. The summed E-state index contributed by atoms with van der Waals surface area (Å²) in [7, 11) is 0. The topological polar surface area (TPSA) is 21.6 Å². The minimum absolute atomic E-state index is 0.829. The van der Waals surface area contributed by atoms with Crippen molar-refractivity contribution >= 4 is 6.21 Å². The Hall–Kier alpha value is -0.370. The Kier molecular flexibility index (Phi) is 11.3. The lowest BCUT2D eigenvalue weighted by atomic mass is 10.2. The molecule has 0 heterocycles. The summed E-state index contributed by atoms with van der Waals surface area (Å²) >= 11 is 0. The summed E-state index contributed by atoms with van der Waals surface area (Å²) in [6, 6.07) is 0. The molecule has 0 unspecified atom stereocenters. The molecule has 0 aromatic carbocycles. The number of nitrogens with zero attached hydrogens (tertiary/aromatic N) is 1. The van der Waals surface area contributed by atoms with Crippen LogP contribution in [-0.4, -0.2) is 26.0 Å². The molecule has 0 saturated heterocycles. The quantitative estimate of drug-likeness (QED) is 0.399. The van der Waals surface area contributed by atoms with Gasteiger partial charge in [0.05, 0.1) is 6.61 Å². The van der Waals surface area contributed by atoms with E-state index in [9.17, 15) is 0 Å². The van der Waals surface area contributed by atoms with Gasteiger partial charge in [-0.2, -0.15) is 0 Å². The first-order chi connectivity index (χ1) is 6.41. The number of aliphatic imine (C=N–C) groups is 1. The van der Waals surface area contributed by atoms with Crippen LogP contribution in [0.15, 0.2) is 4.99 Å². The lowest BCUT2D eigenvalue weighted by Gasteiger charge is -2.00. The van der Waals surface area contributed by atoms with Gasteiger partial charge in [-0.05, 0) is 13.3 Å². The van der Waals surface area contributed by atoms with Crippen molar-refractivity contribution in [3.63, 3.8) is 0 Å². The molecule has 2 heteroatoms. The predicted molar refractivity (Wildman–Crippen MR) is 58.6 cm³/mol. The van der Waals surface area contributed by atoms with E-state index in [1.807, 2.05) is 13.1 Å². The molecule has 13 heavy (non-hydrogen) atoms. The van der Waals surface area contributed by atoms with Crippen molar-refractivity contribution in [3.05, 3.63) is 0 Å². The van der Waals surface area contributed by atoms with Crippen LogP contribution in [0.4, 0.5) is 0 Å². The summed E-state index contributed by atoms with van der Waals surface area (Å²) in [5.74, 6) is 0. The van der Waals surface area contributed by atoms with Crippen molar-refractivity contribution in [2.45, 2.75) is 46.0 Å². The number of ether oxygens (including phenoxy) is 1. The van der Waals surface area contributed by atoms with Crippen molar-refractivity contribution in [1.82, 2.24) is 0 Å². The molecule has 2 nitrogen and oxygen atoms in total. The van der Waals surface area contributed by atoms with Crippen molar-refractivity contribution in [2.75, 3.05) is 19.8 Å². The van der Waals surface area contributed by atoms with E-state index in [1.54, 1.807) is 0 Å². The smallest absolute Gasteiger partial charge is 0.0515 e. The molecule has 0 fully saturated rings. The molecule has 0 aliphatic carbocycles. The summed E-state index contributed by atoms with van der Waals surface area (Å²) in [6.07, 6.45) is 8.05. The van der Waals surface area contributed by atoms with E-state index in [-0.39, 0.29) is 0 Å². The van der Waals surface area contributed by atoms with E-state index >= 15 is 0 Å². The third-order valence-electron chi connectivity index (χ3n) is 1.85. The summed E-state index contributed by atoms with van der Waals surface area (Å²) in [5, 5.41) is 0. The van der Waals surface area contributed by atoms with Gasteiger partial charge >= 0.3 is 0 Å². The van der Waals surface area contributed by atoms with Gasteiger partial charge < -0.3 is 4.74 Å². The van der Waals surface area contributed by atoms with Crippen LogP contribution in [0.1, 0.15) is 46.0 Å². The summed E-state index contributed by atoms with van der Waals surface area (Å²) in [4.78, 5) is 4.11. The molecule has 78 valence electrons. The fourth-order valence-corrected chi connectivity index (χ4v) is 1.09. The van der Waals surface area contributed by atoms with Crippen molar-refractivity contribution in [3.8, 4) is 0 Å². The first kappa shape index (κ1) is 12.6. The van der Waals surface area contributed by atoms with Gasteiger partial charge in [0.25, 0.3) is 0 Å². The molecule has 0 amide bonds. The molecule has 0 N–H and O–H groups in total. The highest BCUT2D eigenvalue weighted by molar-refractivity contribution is 5.57. The van der Waals surface area contributed by atoms with Crippen molar-refractivity contribution in [1.29, 1.82) is 0 Å². The molecule has 0 aliphatic rings. The van der Waals surface area contributed by atoms with Crippen molar-refractivity contribution in [2.24, 2.45) is 4.99 Å². The average Bonchev–Trinajstić information content (AvgIpc) is 2.16. The van der Waals surface area contributed by atoms with Gasteiger partial charge in [0.15, 0.2) is 0 Å². The second-order valence-electron chi connectivity index (χ2n) is 3.14. The zero-order valence-electron chi connectivity index (χ0n) is 9.09.